The number of hydrogen-bond donors (Lipinski definition) is 1. The quantitative estimate of drug-likeness (QED) is 0.780. The molecule has 0 saturated carbocycles. The van der Waals surface area contributed by atoms with Crippen molar-refractivity contribution in [2.75, 3.05) is 0 Å². The SMILES string of the molecule is N#Cc1ncn(-c2nc[nH]c(=O)c2Cl)c1C#N. The average molecular weight is 247 g/mol. The second-order valence-electron chi connectivity index (χ2n) is 2.90. The third-order valence-electron chi connectivity index (χ3n) is 1.99. The van der Waals surface area contributed by atoms with Gasteiger partial charge < -0.3 is 4.98 Å². The zero-order valence-electron chi connectivity index (χ0n) is 8.18. The van der Waals surface area contributed by atoms with E-state index in [4.69, 9.17) is 22.1 Å². The predicted octanol–water partition coefficient (Wildman–Crippen LogP) is 0.352. The highest BCUT2D eigenvalue weighted by Gasteiger charge is 2.15. The molecule has 0 radical (unpaired) electrons. The van der Waals surface area contributed by atoms with Crippen molar-refractivity contribution in [3.05, 3.63) is 39.4 Å². The molecule has 2 heterocycles. The second-order valence-corrected chi connectivity index (χ2v) is 3.28. The fourth-order valence-electron chi connectivity index (χ4n) is 1.24. The van der Waals surface area contributed by atoms with Crippen molar-refractivity contribution in [1.29, 1.82) is 10.5 Å². The lowest BCUT2D eigenvalue weighted by Gasteiger charge is -2.02. The van der Waals surface area contributed by atoms with Crippen LogP contribution in [0.4, 0.5) is 0 Å². The standard InChI is InChI=1S/C9H3ClN6O/c10-7-8(13-3-14-9(7)17)16-4-15-5(1-11)6(16)2-12/h3-4H,(H,13,14,17). The van der Waals surface area contributed by atoms with Gasteiger partial charge in [-0.1, -0.05) is 11.6 Å². The topological polar surface area (TPSA) is 111 Å². The van der Waals surface area contributed by atoms with Crippen molar-refractivity contribution >= 4 is 11.6 Å². The molecular weight excluding hydrogens is 244 g/mol. The van der Waals surface area contributed by atoms with Gasteiger partial charge in [0.25, 0.3) is 5.56 Å². The third-order valence-corrected chi connectivity index (χ3v) is 2.33. The summed E-state index contributed by atoms with van der Waals surface area (Å²) in [5.74, 6) is 0.0565. The van der Waals surface area contributed by atoms with Crippen molar-refractivity contribution in [1.82, 2.24) is 19.5 Å². The van der Waals surface area contributed by atoms with Crippen LogP contribution in [-0.2, 0) is 0 Å². The van der Waals surface area contributed by atoms with Crippen LogP contribution < -0.4 is 5.56 Å². The first-order chi connectivity index (χ1) is 8.19. The van der Waals surface area contributed by atoms with Crippen LogP contribution in [0.3, 0.4) is 0 Å². The van der Waals surface area contributed by atoms with Crippen molar-refractivity contribution < 1.29 is 0 Å². The minimum atomic E-state index is -0.534. The lowest BCUT2D eigenvalue weighted by atomic mass is 10.3. The third kappa shape index (κ3) is 1.65. The molecule has 0 aliphatic carbocycles. The van der Waals surface area contributed by atoms with Gasteiger partial charge in [0.2, 0.25) is 0 Å². The summed E-state index contributed by atoms with van der Waals surface area (Å²) in [4.78, 5) is 21.1. The Balaban J connectivity index is 2.76. The minimum Gasteiger partial charge on any atom is -0.312 e. The number of halogens is 1. The van der Waals surface area contributed by atoms with Crippen molar-refractivity contribution in [2.24, 2.45) is 0 Å². The van der Waals surface area contributed by atoms with Gasteiger partial charge in [0, 0.05) is 0 Å². The van der Waals surface area contributed by atoms with Gasteiger partial charge in [0.05, 0.1) is 6.33 Å². The van der Waals surface area contributed by atoms with E-state index in [1.54, 1.807) is 6.07 Å². The Kier molecular flexibility index (Phi) is 2.61. The molecule has 0 saturated heterocycles. The summed E-state index contributed by atoms with van der Waals surface area (Å²) >= 11 is 5.76. The van der Waals surface area contributed by atoms with E-state index in [0.717, 1.165) is 6.33 Å². The highest BCUT2D eigenvalue weighted by molar-refractivity contribution is 6.31. The molecule has 0 amide bonds. The highest BCUT2D eigenvalue weighted by atomic mass is 35.5. The fourth-order valence-corrected chi connectivity index (χ4v) is 1.43. The Morgan fingerprint density at radius 3 is 2.76 bits per heavy atom. The molecule has 82 valence electrons. The Labute approximate surface area is 99.5 Å². The molecule has 2 aromatic heterocycles. The number of nitriles is 2. The number of aromatic nitrogens is 4. The lowest BCUT2D eigenvalue weighted by Crippen LogP contribution is -2.12. The van der Waals surface area contributed by atoms with Crippen LogP contribution in [-0.4, -0.2) is 19.5 Å². The summed E-state index contributed by atoms with van der Waals surface area (Å²) in [6.45, 7) is 0. The van der Waals surface area contributed by atoms with E-state index in [0.29, 0.717) is 0 Å². The summed E-state index contributed by atoms with van der Waals surface area (Å²) in [6.07, 6.45) is 2.36. The van der Waals surface area contributed by atoms with E-state index in [1.165, 1.54) is 10.9 Å². The van der Waals surface area contributed by atoms with Gasteiger partial charge in [0.1, 0.15) is 23.5 Å². The number of nitrogens with zero attached hydrogens (tertiary/aromatic N) is 5. The van der Waals surface area contributed by atoms with Crippen LogP contribution in [0.2, 0.25) is 5.02 Å². The minimum absolute atomic E-state index is 0.0208. The number of H-pyrrole nitrogens is 1. The molecule has 0 aliphatic heterocycles. The van der Waals surface area contributed by atoms with Crippen LogP contribution in [0, 0.1) is 22.7 Å². The first-order valence-electron chi connectivity index (χ1n) is 4.30. The number of rotatable bonds is 1. The maximum atomic E-state index is 11.3. The second kappa shape index (κ2) is 4.08. The molecule has 0 aliphatic rings. The smallest absolute Gasteiger partial charge is 0.271 e. The Hall–Kier alpha value is -2.64. The summed E-state index contributed by atoms with van der Waals surface area (Å²) in [5.41, 5.74) is -0.606. The van der Waals surface area contributed by atoms with Gasteiger partial charge in [-0.15, -0.1) is 0 Å². The van der Waals surface area contributed by atoms with Crippen molar-refractivity contribution in [3.63, 3.8) is 0 Å². The van der Waals surface area contributed by atoms with E-state index in [-0.39, 0.29) is 22.2 Å². The van der Waals surface area contributed by atoms with E-state index < -0.39 is 5.56 Å². The maximum Gasteiger partial charge on any atom is 0.271 e. The molecule has 0 atom stereocenters. The molecule has 1 N–H and O–H groups in total. The largest absolute Gasteiger partial charge is 0.312 e. The predicted molar refractivity (Wildman–Crippen MR) is 56.4 cm³/mol. The van der Waals surface area contributed by atoms with Gasteiger partial charge in [-0.3, -0.25) is 9.36 Å². The number of aromatic amines is 1. The normalized spacial score (nSPS) is 9.59. The molecule has 8 heteroatoms. The van der Waals surface area contributed by atoms with Gasteiger partial charge in [-0.25, -0.2) is 9.97 Å². The number of hydrogen-bond acceptors (Lipinski definition) is 5. The highest BCUT2D eigenvalue weighted by Crippen LogP contribution is 2.16. The first-order valence-corrected chi connectivity index (χ1v) is 4.68. The molecule has 0 spiro atoms. The van der Waals surface area contributed by atoms with E-state index in [9.17, 15) is 4.79 Å². The van der Waals surface area contributed by atoms with Crippen LogP contribution in [0.15, 0.2) is 17.4 Å². The average Bonchev–Trinajstić information content (AvgIpc) is 2.75. The lowest BCUT2D eigenvalue weighted by molar-refractivity contribution is 0.946. The molecule has 0 fully saturated rings. The summed E-state index contributed by atoms with van der Waals surface area (Å²) in [6, 6.07) is 3.57. The maximum absolute atomic E-state index is 11.3. The van der Waals surface area contributed by atoms with Crippen LogP contribution in [0.1, 0.15) is 11.4 Å². The summed E-state index contributed by atoms with van der Waals surface area (Å²) in [7, 11) is 0. The molecule has 0 unspecified atom stereocenters. The van der Waals surface area contributed by atoms with Crippen molar-refractivity contribution in [2.45, 2.75) is 0 Å². The molecule has 0 aromatic carbocycles. The monoisotopic (exact) mass is 246 g/mol. The van der Waals surface area contributed by atoms with Gasteiger partial charge in [-0.2, -0.15) is 10.5 Å². The van der Waals surface area contributed by atoms with Gasteiger partial charge >= 0.3 is 0 Å². The number of imidazole rings is 1. The molecule has 17 heavy (non-hydrogen) atoms. The zero-order valence-corrected chi connectivity index (χ0v) is 8.93. The Morgan fingerprint density at radius 2 is 2.12 bits per heavy atom. The number of nitrogens with one attached hydrogen (secondary N) is 1. The molecule has 2 aromatic rings. The van der Waals surface area contributed by atoms with Crippen molar-refractivity contribution in [3.8, 4) is 18.0 Å². The Morgan fingerprint density at radius 1 is 1.35 bits per heavy atom. The summed E-state index contributed by atoms with van der Waals surface area (Å²) in [5, 5.41) is 17.5. The summed E-state index contributed by atoms with van der Waals surface area (Å²) < 4.78 is 1.19. The first kappa shape index (κ1) is 10.9. The van der Waals surface area contributed by atoms with E-state index in [1.807, 2.05) is 6.07 Å². The molecular formula is C9H3ClN6O. The molecule has 7 nitrogen and oxygen atoms in total. The van der Waals surface area contributed by atoms with Gasteiger partial charge in [-0.05, 0) is 0 Å². The fraction of sp³-hybridized carbons (Fsp3) is 0. The Bertz CT molecular complexity index is 716. The van der Waals surface area contributed by atoms with Gasteiger partial charge in [0.15, 0.2) is 17.2 Å². The molecule has 0 bridgehead atoms. The van der Waals surface area contributed by atoms with E-state index >= 15 is 0 Å². The van der Waals surface area contributed by atoms with Crippen LogP contribution >= 0.6 is 11.6 Å². The van der Waals surface area contributed by atoms with Crippen LogP contribution in [0.5, 0.6) is 0 Å². The van der Waals surface area contributed by atoms with E-state index in [2.05, 4.69) is 15.0 Å². The zero-order chi connectivity index (χ0) is 12.4. The van der Waals surface area contributed by atoms with Crippen LogP contribution in [0.25, 0.3) is 5.82 Å². The molecule has 2 rings (SSSR count).